The van der Waals surface area contributed by atoms with Gasteiger partial charge in [-0.25, -0.2) is 19.2 Å². The Morgan fingerprint density at radius 3 is 2.60 bits per heavy atom. The Balaban J connectivity index is 1.44. The SMILES string of the molecule is CCc1nc2ccc(CN3CCN(c4ccc(C(=O)O)nc4)CC3)c(F)c2[nH]c1=O. The molecule has 1 aromatic carbocycles. The van der Waals surface area contributed by atoms with Gasteiger partial charge in [0.25, 0.3) is 5.56 Å². The van der Waals surface area contributed by atoms with Gasteiger partial charge in [-0.3, -0.25) is 9.69 Å². The van der Waals surface area contributed by atoms with Gasteiger partial charge in [-0.1, -0.05) is 13.0 Å². The fourth-order valence-electron chi connectivity index (χ4n) is 3.67. The molecule has 9 heteroatoms. The highest BCUT2D eigenvalue weighted by molar-refractivity contribution is 5.85. The Hall–Kier alpha value is -3.33. The van der Waals surface area contributed by atoms with E-state index in [1.807, 2.05) is 6.92 Å². The van der Waals surface area contributed by atoms with E-state index in [1.54, 1.807) is 24.4 Å². The Labute approximate surface area is 172 Å². The van der Waals surface area contributed by atoms with Gasteiger partial charge in [0, 0.05) is 38.3 Å². The number of aromatic carboxylic acids is 1. The van der Waals surface area contributed by atoms with E-state index < -0.39 is 11.8 Å². The second-order valence-corrected chi connectivity index (χ2v) is 7.27. The lowest BCUT2D eigenvalue weighted by molar-refractivity contribution is 0.0690. The number of pyridine rings is 1. The van der Waals surface area contributed by atoms with Gasteiger partial charge in [-0.15, -0.1) is 0 Å². The van der Waals surface area contributed by atoms with Crippen molar-refractivity contribution in [2.45, 2.75) is 19.9 Å². The van der Waals surface area contributed by atoms with E-state index in [-0.39, 0.29) is 16.8 Å². The van der Waals surface area contributed by atoms with Crippen molar-refractivity contribution in [1.82, 2.24) is 19.9 Å². The number of benzene rings is 1. The van der Waals surface area contributed by atoms with Crippen LogP contribution in [0.3, 0.4) is 0 Å². The van der Waals surface area contributed by atoms with Crippen molar-refractivity contribution >= 4 is 22.7 Å². The summed E-state index contributed by atoms with van der Waals surface area (Å²) in [4.78, 5) is 38.1. The Bertz CT molecular complexity index is 1140. The lowest BCUT2D eigenvalue weighted by atomic mass is 10.1. The molecule has 0 spiro atoms. The van der Waals surface area contributed by atoms with Gasteiger partial charge in [0.1, 0.15) is 16.9 Å². The lowest BCUT2D eigenvalue weighted by Gasteiger charge is -2.36. The molecule has 4 rings (SSSR count). The average Bonchev–Trinajstić information content (AvgIpc) is 2.76. The molecular weight excluding hydrogens is 389 g/mol. The second kappa shape index (κ2) is 8.19. The van der Waals surface area contributed by atoms with Crippen molar-refractivity contribution in [2.24, 2.45) is 0 Å². The molecule has 1 aliphatic rings. The van der Waals surface area contributed by atoms with Crippen molar-refractivity contribution in [3.05, 3.63) is 63.6 Å². The van der Waals surface area contributed by atoms with E-state index in [1.165, 1.54) is 6.07 Å². The zero-order valence-corrected chi connectivity index (χ0v) is 16.6. The molecule has 0 unspecified atom stereocenters. The van der Waals surface area contributed by atoms with Crippen molar-refractivity contribution in [3.63, 3.8) is 0 Å². The van der Waals surface area contributed by atoms with E-state index in [0.717, 1.165) is 31.9 Å². The fourth-order valence-corrected chi connectivity index (χ4v) is 3.67. The first kappa shape index (κ1) is 20.0. The Morgan fingerprint density at radius 1 is 1.20 bits per heavy atom. The summed E-state index contributed by atoms with van der Waals surface area (Å²) in [5.41, 5.74) is 2.06. The number of nitrogens with zero attached hydrogens (tertiary/aromatic N) is 4. The van der Waals surface area contributed by atoms with Crippen LogP contribution < -0.4 is 10.5 Å². The third-order valence-electron chi connectivity index (χ3n) is 5.39. The van der Waals surface area contributed by atoms with E-state index in [4.69, 9.17) is 5.11 Å². The minimum atomic E-state index is -1.05. The van der Waals surface area contributed by atoms with Crippen LogP contribution in [0.4, 0.5) is 10.1 Å². The molecule has 2 N–H and O–H groups in total. The molecule has 3 heterocycles. The topological polar surface area (TPSA) is 102 Å². The molecule has 156 valence electrons. The van der Waals surface area contributed by atoms with Gasteiger partial charge in [0.15, 0.2) is 5.82 Å². The number of carbonyl (C=O) groups is 1. The van der Waals surface area contributed by atoms with E-state index in [2.05, 4.69) is 24.8 Å². The smallest absolute Gasteiger partial charge is 0.354 e. The molecule has 1 fully saturated rings. The van der Waals surface area contributed by atoms with Gasteiger partial charge in [-0.05, 0) is 24.6 Å². The van der Waals surface area contributed by atoms with Crippen molar-refractivity contribution in [1.29, 1.82) is 0 Å². The summed E-state index contributed by atoms with van der Waals surface area (Å²) in [6.07, 6.45) is 2.06. The quantitative estimate of drug-likeness (QED) is 0.662. The maximum absolute atomic E-state index is 15.0. The third-order valence-corrected chi connectivity index (χ3v) is 5.39. The van der Waals surface area contributed by atoms with Crippen molar-refractivity contribution < 1.29 is 14.3 Å². The molecule has 0 radical (unpaired) electrons. The van der Waals surface area contributed by atoms with Gasteiger partial charge in [0.05, 0.1) is 17.4 Å². The van der Waals surface area contributed by atoms with E-state index in [0.29, 0.717) is 29.7 Å². The first-order valence-corrected chi connectivity index (χ1v) is 9.83. The maximum atomic E-state index is 15.0. The molecule has 0 aliphatic carbocycles. The number of nitrogens with one attached hydrogen (secondary N) is 1. The van der Waals surface area contributed by atoms with Crippen molar-refractivity contribution in [3.8, 4) is 0 Å². The third kappa shape index (κ3) is 3.88. The highest BCUT2D eigenvalue weighted by Crippen LogP contribution is 2.21. The predicted molar refractivity (Wildman–Crippen MR) is 110 cm³/mol. The minimum Gasteiger partial charge on any atom is -0.477 e. The monoisotopic (exact) mass is 411 g/mol. The summed E-state index contributed by atoms with van der Waals surface area (Å²) in [5.74, 6) is -1.48. The van der Waals surface area contributed by atoms with Gasteiger partial charge >= 0.3 is 5.97 Å². The number of carboxylic acids is 1. The summed E-state index contributed by atoms with van der Waals surface area (Å²) in [5, 5.41) is 8.95. The van der Waals surface area contributed by atoms with Crippen LogP contribution in [0.25, 0.3) is 11.0 Å². The Morgan fingerprint density at radius 2 is 1.97 bits per heavy atom. The standard InChI is InChI=1S/C21H22FN5O3/c1-2-15-20(28)25-19-16(24-15)5-3-13(18(19)22)12-26-7-9-27(10-8-26)14-4-6-17(21(29)30)23-11-14/h3-6,11H,2,7-10,12H2,1H3,(H,25,28)(H,29,30). The number of H-pyrrole nitrogens is 1. The molecule has 0 saturated carbocycles. The number of carboxylic acid groups (broad SMARTS) is 1. The van der Waals surface area contributed by atoms with Gasteiger partial charge < -0.3 is 15.0 Å². The molecule has 30 heavy (non-hydrogen) atoms. The highest BCUT2D eigenvalue weighted by atomic mass is 19.1. The first-order chi connectivity index (χ1) is 14.5. The molecular formula is C21H22FN5O3. The normalized spacial score (nSPS) is 14.9. The molecule has 1 saturated heterocycles. The van der Waals surface area contributed by atoms with Crippen LogP contribution in [0.15, 0.2) is 35.3 Å². The molecule has 0 amide bonds. The summed E-state index contributed by atoms with van der Waals surface area (Å²) >= 11 is 0. The lowest BCUT2D eigenvalue weighted by Crippen LogP contribution is -2.46. The van der Waals surface area contributed by atoms with Crippen LogP contribution in [-0.2, 0) is 13.0 Å². The summed E-state index contributed by atoms with van der Waals surface area (Å²) in [6, 6.07) is 6.72. The van der Waals surface area contributed by atoms with Crippen LogP contribution in [-0.4, -0.2) is 57.1 Å². The zero-order chi connectivity index (χ0) is 21.3. The van der Waals surface area contributed by atoms with Gasteiger partial charge in [-0.2, -0.15) is 0 Å². The highest BCUT2D eigenvalue weighted by Gasteiger charge is 2.20. The summed E-state index contributed by atoms with van der Waals surface area (Å²) in [7, 11) is 0. The minimum absolute atomic E-state index is 0.0164. The maximum Gasteiger partial charge on any atom is 0.354 e. The number of aryl methyl sites for hydroxylation is 1. The number of aromatic nitrogens is 3. The van der Waals surface area contributed by atoms with Crippen LogP contribution in [0, 0.1) is 5.82 Å². The number of hydrogen-bond donors (Lipinski definition) is 2. The van der Waals surface area contributed by atoms with Crippen LogP contribution in [0.5, 0.6) is 0 Å². The number of hydrogen-bond acceptors (Lipinski definition) is 6. The van der Waals surface area contributed by atoms with E-state index in [9.17, 15) is 14.0 Å². The van der Waals surface area contributed by atoms with Crippen LogP contribution >= 0.6 is 0 Å². The summed E-state index contributed by atoms with van der Waals surface area (Å²) < 4.78 is 15.0. The number of rotatable bonds is 5. The number of halogens is 1. The van der Waals surface area contributed by atoms with E-state index >= 15 is 0 Å². The van der Waals surface area contributed by atoms with Gasteiger partial charge in [0.2, 0.25) is 0 Å². The molecule has 2 aromatic heterocycles. The molecule has 1 aliphatic heterocycles. The Kier molecular flexibility index (Phi) is 5.45. The van der Waals surface area contributed by atoms with Crippen LogP contribution in [0.1, 0.15) is 28.7 Å². The summed E-state index contributed by atoms with van der Waals surface area (Å²) in [6.45, 7) is 5.17. The number of fused-ring (bicyclic) bond motifs is 1. The average molecular weight is 411 g/mol. The second-order valence-electron chi connectivity index (χ2n) is 7.27. The number of anilines is 1. The largest absolute Gasteiger partial charge is 0.477 e. The predicted octanol–water partition coefficient (Wildman–Crippen LogP) is 2.04. The fraction of sp³-hybridized carbons (Fsp3) is 0.333. The molecule has 8 nitrogen and oxygen atoms in total. The molecule has 3 aromatic rings. The molecule has 0 bridgehead atoms. The van der Waals surface area contributed by atoms with Crippen molar-refractivity contribution in [2.75, 3.05) is 31.1 Å². The number of aromatic amines is 1. The zero-order valence-electron chi connectivity index (χ0n) is 16.6. The number of piperazine rings is 1. The van der Waals surface area contributed by atoms with Crippen LogP contribution in [0.2, 0.25) is 0 Å². The molecule has 0 atom stereocenters. The first-order valence-electron chi connectivity index (χ1n) is 9.83.